The van der Waals surface area contributed by atoms with Gasteiger partial charge in [-0.15, -0.1) is 0 Å². The van der Waals surface area contributed by atoms with E-state index in [1.165, 1.54) is 10.2 Å². The smallest absolute Gasteiger partial charge is 0.350 e. The fourth-order valence-corrected chi connectivity index (χ4v) is 1.26. The molecule has 0 fully saturated rings. The van der Waals surface area contributed by atoms with Crippen LogP contribution in [0.15, 0.2) is 0 Å². The predicted octanol–water partition coefficient (Wildman–Crippen LogP) is 1.56. The number of carbonyl (C=O) groups is 2. The van der Waals surface area contributed by atoms with Crippen molar-refractivity contribution in [3.05, 3.63) is 0 Å². The van der Waals surface area contributed by atoms with E-state index >= 15 is 0 Å². The lowest BCUT2D eigenvalue weighted by Crippen LogP contribution is -2.51. The molecule has 0 aromatic rings. The highest BCUT2D eigenvalue weighted by molar-refractivity contribution is 5.85. The molecule has 0 bridgehead atoms. The highest BCUT2D eigenvalue weighted by atomic mass is 19.4. The number of amides is 2. The summed E-state index contributed by atoms with van der Waals surface area (Å²) in [4.78, 5) is 23.5. The van der Waals surface area contributed by atoms with E-state index < -0.39 is 30.5 Å². The molecule has 0 aromatic heterocycles. The van der Waals surface area contributed by atoms with E-state index in [1.807, 2.05) is 0 Å². The predicted molar refractivity (Wildman–Crippen MR) is 56.6 cm³/mol. The summed E-state index contributed by atoms with van der Waals surface area (Å²) in [5.74, 6) is -8.33. The molecule has 9 heteroatoms. The Morgan fingerprint density at radius 3 is 1.89 bits per heavy atom. The van der Waals surface area contributed by atoms with Gasteiger partial charge in [-0.1, -0.05) is 0 Å². The molecule has 0 aliphatic rings. The second-order valence-electron chi connectivity index (χ2n) is 3.64. The summed E-state index contributed by atoms with van der Waals surface area (Å²) >= 11 is 0. The molecule has 0 saturated heterocycles. The van der Waals surface area contributed by atoms with Crippen LogP contribution < -0.4 is 5.32 Å². The van der Waals surface area contributed by atoms with Crippen LogP contribution in [-0.4, -0.2) is 48.4 Å². The molecule has 2 amide bonds. The Kier molecular flexibility index (Phi) is 6.17. The summed E-state index contributed by atoms with van der Waals surface area (Å²) < 4.78 is 60.5. The minimum absolute atomic E-state index is 0.332. The van der Waals surface area contributed by atoms with Crippen LogP contribution in [0.2, 0.25) is 0 Å². The number of hydrogen-bond acceptors (Lipinski definition) is 2. The van der Waals surface area contributed by atoms with E-state index in [-0.39, 0.29) is 6.42 Å². The average Bonchev–Trinajstić information content (AvgIpc) is 2.28. The number of alkyl halides is 5. The van der Waals surface area contributed by atoms with Gasteiger partial charge in [0.2, 0.25) is 5.91 Å². The Labute approximate surface area is 106 Å². The maximum Gasteiger partial charge on any atom is 0.463 e. The van der Waals surface area contributed by atoms with Crippen LogP contribution in [0.3, 0.4) is 0 Å². The van der Waals surface area contributed by atoms with E-state index in [0.717, 1.165) is 0 Å². The molecule has 0 aliphatic heterocycles. The summed E-state index contributed by atoms with van der Waals surface area (Å²) in [5.41, 5.74) is 0. The van der Waals surface area contributed by atoms with Gasteiger partial charge in [0.05, 0.1) is 0 Å². The van der Waals surface area contributed by atoms with Crippen molar-refractivity contribution in [1.82, 2.24) is 10.2 Å². The van der Waals surface area contributed by atoms with Gasteiger partial charge in [-0.05, 0) is 13.8 Å². The van der Waals surface area contributed by atoms with E-state index in [1.54, 1.807) is 13.8 Å². The molecular weight excluding hydrogens is 275 g/mol. The fraction of sp³-hybridized carbons (Fsp3) is 0.800. The minimum Gasteiger partial charge on any atom is -0.350 e. The lowest BCUT2D eigenvalue weighted by atomic mass is 10.3. The van der Waals surface area contributed by atoms with Crippen molar-refractivity contribution in [3.8, 4) is 0 Å². The third-order valence-electron chi connectivity index (χ3n) is 2.38. The molecule has 0 aromatic carbocycles. The third-order valence-corrected chi connectivity index (χ3v) is 2.38. The number of rotatable bonds is 6. The largest absolute Gasteiger partial charge is 0.463 e. The van der Waals surface area contributed by atoms with E-state index in [0.29, 0.717) is 13.1 Å². The second-order valence-corrected chi connectivity index (χ2v) is 3.64. The minimum atomic E-state index is -5.94. The molecule has 0 unspecified atom stereocenters. The monoisotopic (exact) mass is 290 g/mol. The van der Waals surface area contributed by atoms with Crippen LogP contribution in [0.1, 0.15) is 20.3 Å². The van der Waals surface area contributed by atoms with E-state index in [4.69, 9.17) is 0 Å². The van der Waals surface area contributed by atoms with Crippen molar-refractivity contribution < 1.29 is 31.5 Å². The van der Waals surface area contributed by atoms with Crippen molar-refractivity contribution in [3.63, 3.8) is 0 Å². The molecule has 4 nitrogen and oxygen atoms in total. The molecule has 0 heterocycles. The van der Waals surface area contributed by atoms with Gasteiger partial charge in [0.1, 0.15) is 0 Å². The fourth-order valence-electron chi connectivity index (χ4n) is 1.26. The maximum atomic E-state index is 12.5. The SMILES string of the molecule is CCN(CC)C(=O)CCNC(=O)C(F)(F)C(F)(F)F. The standard InChI is InChI=1S/C10H15F5N2O2/c1-3-17(4-2)7(18)5-6-16-8(19)9(11,12)10(13,14)15/h3-6H2,1-2H3,(H,16,19). The first-order chi connectivity index (χ1) is 8.57. The van der Waals surface area contributed by atoms with Gasteiger partial charge in [-0.25, -0.2) is 0 Å². The summed E-state index contributed by atoms with van der Waals surface area (Å²) in [6, 6.07) is 0. The normalized spacial score (nSPS) is 12.2. The molecule has 19 heavy (non-hydrogen) atoms. The molecule has 0 spiro atoms. The van der Waals surface area contributed by atoms with Crippen LogP contribution in [0.5, 0.6) is 0 Å². The summed E-state index contributed by atoms with van der Waals surface area (Å²) in [5, 5.41) is 1.41. The zero-order chi connectivity index (χ0) is 15.3. The Bertz CT molecular complexity index is 326. The Morgan fingerprint density at radius 2 is 1.53 bits per heavy atom. The first-order valence-corrected chi connectivity index (χ1v) is 5.58. The first-order valence-electron chi connectivity index (χ1n) is 5.58. The van der Waals surface area contributed by atoms with Crippen LogP contribution in [-0.2, 0) is 9.59 Å². The van der Waals surface area contributed by atoms with Crippen molar-refractivity contribution >= 4 is 11.8 Å². The molecule has 0 aliphatic carbocycles. The van der Waals surface area contributed by atoms with Crippen molar-refractivity contribution in [2.45, 2.75) is 32.4 Å². The van der Waals surface area contributed by atoms with Gasteiger partial charge in [0.15, 0.2) is 0 Å². The molecule has 0 atom stereocenters. The molecular formula is C10H15F5N2O2. The summed E-state index contributed by atoms with van der Waals surface area (Å²) in [6.07, 6.45) is -6.28. The number of carbonyl (C=O) groups excluding carboxylic acids is 2. The number of nitrogens with zero attached hydrogens (tertiary/aromatic N) is 1. The second kappa shape index (κ2) is 6.67. The Morgan fingerprint density at radius 1 is 1.05 bits per heavy atom. The molecule has 112 valence electrons. The molecule has 1 N–H and O–H groups in total. The van der Waals surface area contributed by atoms with Crippen LogP contribution in [0, 0.1) is 0 Å². The topological polar surface area (TPSA) is 49.4 Å². The van der Waals surface area contributed by atoms with Crippen molar-refractivity contribution in [2.24, 2.45) is 0 Å². The highest BCUT2D eigenvalue weighted by Gasteiger charge is 2.63. The number of halogens is 5. The molecule has 0 radical (unpaired) electrons. The van der Waals surface area contributed by atoms with Crippen LogP contribution in [0.25, 0.3) is 0 Å². The summed E-state index contributed by atoms with van der Waals surface area (Å²) in [6.45, 7) is 3.60. The quantitative estimate of drug-likeness (QED) is 0.755. The number of nitrogens with one attached hydrogen (secondary N) is 1. The zero-order valence-electron chi connectivity index (χ0n) is 10.5. The Hall–Kier alpha value is -1.41. The third kappa shape index (κ3) is 4.64. The lowest BCUT2D eigenvalue weighted by Gasteiger charge is -2.20. The van der Waals surface area contributed by atoms with Gasteiger partial charge in [0, 0.05) is 26.1 Å². The summed E-state index contributed by atoms with van der Waals surface area (Å²) in [7, 11) is 0. The highest BCUT2D eigenvalue weighted by Crippen LogP contribution is 2.35. The molecule has 0 saturated carbocycles. The first kappa shape index (κ1) is 17.6. The van der Waals surface area contributed by atoms with Gasteiger partial charge < -0.3 is 10.2 Å². The lowest BCUT2D eigenvalue weighted by molar-refractivity contribution is -0.269. The van der Waals surface area contributed by atoms with Gasteiger partial charge in [-0.2, -0.15) is 22.0 Å². The maximum absolute atomic E-state index is 12.5. The van der Waals surface area contributed by atoms with Crippen molar-refractivity contribution in [1.29, 1.82) is 0 Å². The van der Waals surface area contributed by atoms with Crippen LogP contribution >= 0.6 is 0 Å². The molecule has 0 rings (SSSR count). The van der Waals surface area contributed by atoms with Gasteiger partial charge in [-0.3, -0.25) is 9.59 Å². The van der Waals surface area contributed by atoms with Crippen molar-refractivity contribution in [2.75, 3.05) is 19.6 Å². The van der Waals surface area contributed by atoms with E-state index in [9.17, 15) is 31.5 Å². The van der Waals surface area contributed by atoms with Gasteiger partial charge >= 0.3 is 12.1 Å². The van der Waals surface area contributed by atoms with Gasteiger partial charge in [0.25, 0.3) is 5.91 Å². The Balaban J connectivity index is 4.30. The van der Waals surface area contributed by atoms with E-state index in [2.05, 4.69) is 0 Å². The zero-order valence-corrected chi connectivity index (χ0v) is 10.5. The average molecular weight is 290 g/mol. The van der Waals surface area contributed by atoms with Crippen LogP contribution in [0.4, 0.5) is 22.0 Å². The number of hydrogen-bond donors (Lipinski definition) is 1.